The predicted octanol–water partition coefficient (Wildman–Crippen LogP) is 3.01. The van der Waals surface area contributed by atoms with Crippen LogP contribution in [0.3, 0.4) is 0 Å². The van der Waals surface area contributed by atoms with Crippen LogP contribution in [0.25, 0.3) is 0 Å². The van der Waals surface area contributed by atoms with E-state index in [1.807, 2.05) is 24.4 Å². The number of nitrogens with one attached hydrogen (secondary N) is 3. The minimum absolute atomic E-state index is 0.122. The molecular weight excluding hydrogens is 470 g/mol. The van der Waals surface area contributed by atoms with Gasteiger partial charge in [-0.3, -0.25) is 4.79 Å². The van der Waals surface area contributed by atoms with Gasteiger partial charge in [0.25, 0.3) is 0 Å². The number of aromatic nitrogens is 6. The predicted molar refractivity (Wildman–Crippen MR) is 132 cm³/mol. The van der Waals surface area contributed by atoms with Crippen LogP contribution in [0, 0.1) is 0 Å². The highest BCUT2D eigenvalue weighted by molar-refractivity contribution is 7.99. The van der Waals surface area contributed by atoms with Gasteiger partial charge < -0.3 is 14.8 Å². The van der Waals surface area contributed by atoms with Crippen molar-refractivity contribution in [1.82, 2.24) is 29.9 Å². The molecule has 4 aromatic rings. The van der Waals surface area contributed by atoms with E-state index in [1.165, 1.54) is 11.8 Å². The Hall–Kier alpha value is -4.39. The van der Waals surface area contributed by atoms with Gasteiger partial charge in [-0.1, -0.05) is 17.8 Å². The highest BCUT2D eigenvalue weighted by atomic mass is 32.2. The van der Waals surface area contributed by atoms with Gasteiger partial charge in [0.2, 0.25) is 17.0 Å². The number of carbonyl (C=O) groups is 1. The van der Waals surface area contributed by atoms with Crippen molar-refractivity contribution in [2.75, 3.05) is 23.6 Å². The lowest BCUT2D eigenvalue weighted by Crippen LogP contribution is -2.13. The van der Waals surface area contributed by atoms with E-state index >= 15 is 0 Å². The second-order valence-corrected chi connectivity index (χ2v) is 7.99. The number of hydrogen-bond acceptors (Lipinski definition) is 10. The van der Waals surface area contributed by atoms with Crippen LogP contribution in [0.1, 0.15) is 12.0 Å². The number of ether oxygens (including phenoxy) is 2. The van der Waals surface area contributed by atoms with E-state index in [0.29, 0.717) is 40.6 Å². The Bertz CT molecular complexity index is 1250. The molecule has 12 nitrogen and oxygen atoms in total. The zero-order chi connectivity index (χ0) is 24.3. The molecule has 0 radical (unpaired) electrons. The van der Waals surface area contributed by atoms with Crippen LogP contribution < -0.4 is 20.2 Å². The number of hydrazone groups is 1. The summed E-state index contributed by atoms with van der Waals surface area (Å²) in [6.45, 7) is 0.277. The number of thioether (sulfide) groups is 1. The van der Waals surface area contributed by atoms with Crippen molar-refractivity contribution >= 4 is 35.6 Å². The molecule has 3 N–H and O–H groups in total. The van der Waals surface area contributed by atoms with Gasteiger partial charge in [0.15, 0.2) is 18.2 Å². The summed E-state index contributed by atoms with van der Waals surface area (Å²) in [6, 6.07) is 12.6. The molecular formula is C22H23N9O3S. The third-order valence-corrected chi connectivity index (χ3v) is 5.29. The largest absolute Gasteiger partial charge is 0.493 e. The monoisotopic (exact) mass is 493 g/mol. The number of pyridine rings is 1. The lowest BCUT2D eigenvalue weighted by Gasteiger charge is -2.11. The van der Waals surface area contributed by atoms with Crippen molar-refractivity contribution in [2.24, 2.45) is 5.10 Å². The van der Waals surface area contributed by atoms with E-state index in [9.17, 15) is 4.79 Å². The lowest BCUT2D eigenvalue weighted by atomic mass is 10.2. The average molecular weight is 494 g/mol. The summed E-state index contributed by atoms with van der Waals surface area (Å²) in [7, 11) is 1.57. The van der Waals surface area contributed by atoms with E-state index in [4.69, 9.17) is 9.47 Å². The first-order valence-electron chi connectivity index (χ1n) is 10.5. The fourth-order valence-electron chi connectivity index (χ4n) is 2.80. The van der Waals surface area contributed by atoms with Crippen molar-refractivity contribution in [3.8, 4) is 11.5 Å². The number of aromatic amines is 1. The molecule has 3 heterocycles. The van der Waals surface area contributed by atoms with Crippen molar-refractivity contribution in [1.29, 1.82) is 0 Å². The molecule has 0 saturated heterocycles. The van der Waals surface area contributed by atoms with Gasteiger partial charge in [-0.2, -0.15) is 15.2 Å². The van der Waals surface area contributed by atoms with Gasteiger partial charge in [-0.25, -0.2) is 20.2 Å². The summed E-state index contributed by atoms with van der Waals surface area (Å²) in [5, 5.41) is 18.4. The zero-order valence-electron chi connectivity index (χ0n) is 18.8. The molecule has 0 fully saturated rings. The molecule has 180 valence electrons. The number of nitrogens with zero attached hydrogens (tertiary/aromatic N) is 6. The molecule has 0 aliphatic rings. The summed E-state index contributed by atoms with van der Waals surface area (Å²) in [5.41, 5.74) is 3.60. The minimum atomic E-state index is -0.122. The first kappa shape index (κ1) is 23.8. The Balaban J connectivity index is 1.22. The third-order valence-electron chi connectivity index (χ3n) is 4.44. The summed E-state index contributed by atoms with van der Waals surface area (Å²) in [4.78, 5) is 20.3. The highest BCUT2D eigenvalue weighted by Crippen LogP contribution is 2.27. The van der Waals surface area contributed by atoms with E-state index in [0.717, 1.165) is 5.56 Å². The molecule has 4 rings (SSSR count). The normalized spacial score (nSPS) is 10.9. The van der Waals surface area contributed by atoms with E-state index in [1.54, 1.807) is 54.7 Å². The van der Waals surface area contributed by atoms with Gasteiger partial charge in [-0.15, -0.1) is 5.10 Å². The second-order valence-electron chi connectivity index (χ2n) is 6.93. The standard InChI is InChI=1S/C22H23N9O3S/c1-33-18-13-16(6-7-17(18)34-15-31-11-4-10-25-31)14-24-28-21-27-22(30-29-21)35-12-8-20(32)26-19-5-2-3-9-23-19/h2-7,9-11,13-14H,8,12,15H2,1H3,(H,23,26,32)(H2,27,28,29,30)/b24-14+. The maximum Gasteiger partial charge on any atom is 0.240 e. The van der Waals surface area contributed by atoms with Crippen LogP contribution in [-0.2, 0) is 11.5 Å². The topological polar surface area (TPSA) is 144 Å². The number of hydrogen-bond donors (Lipinski definition) is 3. The van der Waals surface area contributed by atoms with Crippen molar-refractivity contribution in [3.63, 3.8) is 0 Å². The Morgan fingerprint density at radius 3 is 2.97 bits per heavy atom. The molecule has 1 amide bonds. The number of benzene rings is 1. The first-order valence-corrected chi connectivity index (χ1v) is 11.5. The SMILES string of the molecule is COc1cc(/C=N/Nc2nc(SCCC(=O)Nc3ccccn3)n[nH]2)ccc1OCn1cccn1. The number of carbonyl (C=O) groups excluding carboxylic acids is 1. The molecule has 0 spiro atoms. The number of amides is 1. The molecule has 35 heavy (non-hydrogen) atoms. The van der Waals surface area contributed by atoms with Gasteiger partial charge in [0, 0.05) is 30.8 Å². The molecule has 3 aromatic heterocycles. The molecule has 0 aliphatic heterocycles. The summed E-state index contributed by atoms with van der Waals surface area (Å²) in [6.07, 6.45) is 7.05. The quantitative estimate of drug-likeness (QED) is 0.154. The van der Waals surface area contributed by atoms with Crippen LogP contribution in [0.5, 0.6) is 11.5 Å². The van der Waals surface area contributed by atoms with E-state index in [2.05, 4.69) is 41.1 Å². The summed E-state index contributed by atoms with van der Waals surface area (Å²) < 4.78 is 12.8. The van der Waals surface area contributed by atoms with Crippen molar-refractivity contribution < 1.29 is 14.3 Å². The Morgan fingerprint density at radius 2 is 2.17 bits per heavy atom. The molecule has 0 bridgehead atoms. The number of methoxy groups -OCH3 is 1. The van der Waals surface area contributed by atoms with Crippen LogP contribution in [-0.4, -0.2) is 54.9 Å². The lowest BCUT2D eigenvalue weighted by molar-refractivity contribution is -0.115. The molecule has 1 aromatic carbocycles. The smallest absolute Gasteiger partial charge is 0.240 e. The Labute approximate surface area is 205 Å². The van der Waals surface area contributed by atoms with Gasteiger partial charge in [0.05, 0.1) is 13.3 Å². The summed E-state index contributed by atoms with van der Waals surface area (Å²) in [5.74, 6) is 2.48. The van der Waals surface area contributed by atoms with Crippen molar-refractivity contribution in [3.05, 3.63) is 66.6 Å². The van der Waals surface area contributed by atoms with Crippen LogP contribution in [0.4, 0.5) is 11.8 Å². The Kier molecular flexibility index (Phi) is 8.27. The van der Waals surface area contributed by atoms with Crippen LogP contribution in [0.15, 0.2) is 71.3 Å². The minimum Gasteiger partial charge on any atom is -0.493 e. The molecule has 0 aliphatic carbocycles. The maximum absolute atomic E-state index is 12.0. The molecule has 0 saturated carbocycles. The summed E-state index contributed by atoms with van der Waals surface area (Å²) >= 11 is 1.36. The first-order chi connectivity index (χ1) is 17.2. The second kappa shape index (κ2) is 12.2. The van der Waals surface area contributed by atoms with Crippen LogP contribution in [0.2, 0.25) is 0 Å². The van der Waals surface area contributed by atoms with E-state index < -0.39 is 0 Å². The number of H-pyrrole nitrogens is 1. The zero-order valence-corrected chi connectivity index (χ0v) is 19.6. The number of rotatable bonds is 12. The molecule has 0 unspecified atom stereocenters. The number of anilines is 2. The van der Waals surface area contributed by atoms with Gasteiger partial charge in [-0.05, 0) is 42.0 Å². The average Bonchev–Trinajstić information content (AvgIpc) is 3.56. The molecule has 13 heteroatoms. The van der Waals surface area contributed by atoms with Crippen LogP contribution >= 0.6 is 11.8 Å². The van der Waals surface area contributed by atoms with E-state index in [-0.39, 0.29) is 12.6 Å². The Morgan fingerprint density at radius 1 is 1.23 bits per heavy atom. The van der Waals surface area contributed by atoms with Crippen molar-refractivity contribution in [2.45, 2.75) is 18.3 Å². The van der Waals surface area contributed by atoms with Gasteiger partial charge in [0.1, 0.15) is 5.82 Å². The third kappa shape index (κ3) is 7.30. The fourth-order valence-corrected chi connectivity index (χ4v) is 3.54. The highest BCUT2D eigenvalue weighted by Gasteiger charge is 2.08. The molecule has 0 atom stereocenters. The maximum atomic E-state index is 12.0. The van der Waals surface area contributed by atoms with Gasteiger partial charge >= 0.3 is 0 Å². The fraction of sp³-hybridized carbons (Fsp3) is 0.182.